The van der Waals surface area contributed by atoms with Crippen molar-refractivity contribution >= 4 is 21.8 Å². The highest BCUT2D eigenvalue weighted by atomic mass is 79.9. The topological polar surface area (TPSA) is 87.0 Å². The van der Waals surface area contributed by atoms with Gasteiger partial charge in [-0.3, -0.25) is 4.79 Å². The lowest BCUT2D eigenvalue weighted by molar-refractivity contribution is 0.0946. The Balaban J connectivity index is 1.76. The van der Waals surface area contributed by atoms with Gasteiger partial charge in [0.15, 0.2) is 0 Å². The number of imidazole rings is 1. The molecule has 1 aromatic heterocycles. The molecule has 6 nitrogen and oxygen atoms in total. The number of halogens is 1. The number of carbonyl (C=O) groups excluding carboxylic acids is 1. The predicted molar refractivity (Wildman–Crippen MR) is 75.9 cm³/mol. The number of aromatic nitrogens is 2. The second kappa shape index (κ2) is 5.16. The molecule has 0 unspecified atom stereocenters. The van der Waals surface area contributed by atoms with Crippen molar-refractivity contribution in [3.05, 3.63) is 50.1 Å². The van der Waals surface area contributed by atoms with Crippen LogP contribution in [0.5, 0.6) is 5.75 Å². The summed E-state index contributed by atoms with van der Waals surface area (Å²) < 4.78 is 6.55. The molecular formula is C13H12BrN3O3. The van der Waals surface area contributed by atoms with Crippen LogP contribution in [0.3, 0.4) is 0 Å². The maximum atomic E-state index is 11.9. The molecule has 0 radical (unpaired) electrons. The van der Waals surface area contributed by atoms with E-state index in [0.29, 0.717) is 13.2 Å². The van der Waals surface area contributed by atoms with Gasteiger partial charge in [-0.25, -0.2) is 4.79 Å². The maximum absolute atomic E-state index is 11.9. The highest BCUT2D eigenvalue weighted by Gasteiger charge is 2.18. The van der Waals surface area contributed by atoms with Crippen molar-refractivity contribution in [3.63, 3.8) is 0 Å². The predicted octanol–water partition coefficient (Wildman–Crippen LogP) is 1.33. The number of hydrogen-bond acceptors (Lipinski definition) is 3. The Kier molecular flexibility index (Phi) is 3.35. The molecule has 1 amide bonds. The highest BCUT2D eigenvalue weighted by molar-refractivity contribution is 9.10. The Morgan fingerprint density at radius 1 is 1.45 bits per heavy atom. The van der Waals surface area contributed by atoms with E-state index in [1.165, 1.54) is 6.20 Å². The number of rotatable bonds is 3. The van der Waals surface area contributed by atoms with E-state index >= 15 is 0 Å². The normalized spacial score (nSPS) is 12.8. The summed E-state index contributed by atoms with van der Waals surface area (Å²) in [6.07, 6.45) is 2.22. The number of benzene rings is 1. The number of fused-ring (bicyclic) bond motifs is 1. The van der Waals surface area contributed by atoms with Crippen LogP contribution in [-0.4, -0.2) is 22.5 Å². The number of carbonyl (C=O) groups is 1. The molecule has 1 aliphatic heterocycles. The summed E-state index contributed by atoms with van der Waals surface area (Å²) in [5, 5.41) is 2.76. The quantitative estimate of drug-likeness (QED) is 0.789. The van der Waals surface area contributed by atoms with Crippen molar-refractivity contribution in [1.29, 1.82) is 0 Å². The minimum atomic E-state index is -0.401. The van der Waals surface area contributed by atoms with Crippen molar-refractivity contribution in [2.75, 3.05) is 6.61 Å². The van der Waals surface area contributed by atoms with Gasteiger partial charge in [-0.15, -0.1) is 0 Å². The molecule has 0 fully saturated rings. The molecule has 2 aromatic rings. The van der Waals surface area contributed by atoms with Gasteiger partial charge in [0.2, 0.25) is 0 Å². The van der Waals surface area contributed by atoms with Crippen LogP contribution in [0.15, 0.2) is 27.6 Å². The second-order valence-corrected chi connectivity index (χ2v) is 5.41. The van der Waals surface area contributed by atoms with Gasteiger partial charge in [-0.05, 0) is 17.7 Å². The summed E-state index contributed by atoms with van der Waals surface area (Å²) >= 11 is 3.45. The largest absolute Gasteiger partial charge is 0.493 e. The smallest absolute Gasteiger partial charge is 0.323 e. The maximum Gasteiger partial charge on any atom is 0.323 e. The Morgan fingerprint density at radius 3 is 3.05 bits per heavy atom. The first-order valence-electron chi connectivity index (χ1n) is 6.13. The van der Waals surface area contributed by atoms with Crippen molar-refractivity contribution < 1.29 is 9.53 Å². The van der Waals surface area contributed by atoms with E-state index < -0.39 is 5.69 Å². The third-order valence-corrected chi connectivity index (χ3v) is 3.56. The minimum Gasteiger partial charge on any atom is -0.493 e. The van der Waals surface area contributed by atoms with Crippen LogP contribution < -0.4 is 15.7 Å². The first-order valence-corrected chi connectivity index (χ1v) is 6.93. The lowest BCUT2D eigenvalue weighted by atomic mass is 10.1. The Labute approximate surface area is 122 Å². The number of H-pyrrole nitrogens is 2. The van der Waals surface area contributed by atoms with E-state index in [0.717, 1.165) is 27.8 Å². The average molecular weight is 338 g/mol. The van der Waals surface area contributed by atoms with Crippen LogP contribution in [0.2, 0.25) is 0 Å². The molecule has 0 saturated heterocycles. The fourth-order valence-electron chi connectivity index (χ4n) is 2.20. The van der Waals surface area contributed by atoms with Crippen molar-refractivity contribution in [2.45, 2.75) is 13.0 Å². The molecule has 3 N–H and O–H groups in total. The Hall–Kier alpha value is -2.02. The van der Waals surface area contributed by atoms with E-state index in [2.05, 4.69) is 31.2 Å². The zero-order valence-electron chi connectivity index (χ0n) is 10.5. The SMILES string of the molecule is O=C(NCc1cc(Br)cc2c1OCC2)c1c[nH]c(=O)[nH]1. The monoisotopic (exact) mass is 337 g/mol. The lowest BCUT2D eigenvalue weighted by Crippen LogP contribution is -2.24. The molecule has 0 bridgehead atoms. The molecule has 3 rings (SSSR count). The molecule has 0 spiro atoms. The molecule has 104 valence electrons. The van der Waals surface area contributed by atoms with Gasteiger partial charge in [0.05, 0.1) is 6.61 Å². The van der Waals surface area contributed by atoms with Crippen molar-refractivity contribution in [2.24, 2.45) is 0 Å². The number of nitrogens with one attached hydrogen (secondary N) is 3. The summed E-state index contributed by atoms with van der Waals surface area (Å²) in [6.45, 7) is 1.01. The molecule has 7 heteroatoms. The third-order valence-electron chi connectivity index (χ3n) is 3.11. The molecule has 2 heterocycles. The van der Waals surface area contributed by atoms with Crippen LogP contribution in [0.4, 0.5) is 0 Å². The van der Waals surface area contributed by atoms with Gasteiger partial charge in [0, 0.05) is 29.2 Å². The first-order chi connectivity index (χ1) is 9.63. The molecule has 0 atom stereocenters. The lowest BCUT2D eigenvalue weighted by Gasteiger charge is -2.09. The van der Waals surface area contributed by atoms with Gasteiger partial charge in [0.1, 0.15) is 11.4 Å². The second-order valence-electron chi connectivity index (χ2n) is 4.49. The number of aromatic amines is 2. The number of amides is 1. The zero-order valence-corrected chi connectivity index (χ0v) is 12.0. The zero-order chi connectivity index (χ0) is 14.1. The van der Waals surface area contributed by atoms with Gasteiger partial charge in [-0.1, -0.05) is 15.9 Å². The number of hydrogen-bond donors (Lipinski definition) is 3. The van der Waals surface area contributed by atoms with E-state index in [4.69, 9.17) is 4.74 Å². The average Bonchev–Trinajstić information content (AvgIpc) is 3.03. The summed E-state index contributed by atoms with van der Waals surface area (Å²) in [5.41, 5.74) is 1.86. The van der Waals surface area contributed by atoms with E-state index in [1.807, 2.05) is 12.1 Å². The van der Waals surface area contributed by atoms with Gasteiger partial charge < -0.3 is 20.0 Å². The number of ether oxygens (including phenoxy) is 1. The van der Waals surface area contributed by atoms with Crippen LogP contribution in [0.25, 0.3) is 0 Å². The fourth-order valence-corrected chi connectivity index (χ4v) is 2.76. The van der Waals surface area contributed by atoms with Crippen LogP contribution in [0, 0.1) is 0 Å². The minimum absolute atomic E-state index is 0.211. The van der Waals surface area contributed by atoms with Gasteiger partial charge in [-0.2, -0.15) is 0 Å². The standard InChI is InChI=1S/C13H12BrN3O3/c14-9-3-7-1-2-20-11(7)8(4-9)5-15-12(18)10-6-16-13(19)17-10/h3-4,6H,1-2,5H2,(H,15,18)(H2,16,17,19). The highest BCUT2D eigenvalue weighted by Crippen LogP contribution is 2.32. The Morgan fingerprint density at radius 2 is 2.30 bits per heavy atom. The summed E-state index contributed by atoms with van der Waals surface area (Å²) in [6, 6.07) is 3.95. The Bertz CT molecular complexity index is 720. The third kappa shape index (κ3) is 2.49. The van der Waals surface area contributed by atoms with Crippen LogP contribution in [0.1, 0.15) is 21.6 Å². The molecule has 1 aliphatic rings. The van der Waals surface area contributed by atoms with Crippen molar-refractivity contribution in [1.82, 2.24) is 15.3 Å². The van der Waals surface area contributed by atoms with E-state index in [1.54, 1.807) is 0 Å². The van der Waals surface area contributed by atoms with Crippen LogP contribution in [-0.2, 0) is 13.0 Å². The van der Waals surface area contributed by atoms with Crippen LogP contribution >= 0.6 is 15.9 Å². The van der Waals surface area contributed by atoms with Crippen molar-refractivity contribution in [3.8, 4) is 5.75 Å². The fraction of sp³-hybridized carbons (Fsp3) is 0.231. The molecule has 20 heavy (non-hydrogen) atoms. The summed E-state index contributed by atoms with van der Waals surface area (Å²) in [4.78, 5) is 27.6. The summed E-state index contributed by atoms with van der Waals surface area (Å²) in [5.74, 6) is 0.506. The molecular weight excluding hydrogens is 326 g/mol. The van der Waals surface area contributed by atoms with Gasteiger partial charge in [0.25, 0.3) is 5.91 Å². The van der Waals surface area contributed by atoms with E-state index in [-0.39, 0.29) is 11.6 Å². The molecule has 1 aromatic carbocycles. The summed E-state index contributed by atoms with van der Waals surface area (Å²) in [7, 11) is 0. The van der Waals surface area contributed by atoms with Gasteiger partial charge >= 0.3 is 5.69 Å². The molecule has 0 saturated carbocycles. The van der Waals surface area contributed by atoms with E-state index in [9.17, 15) is 9.59 Å². The molecule has 0 aliphatic carbocycles. The first kappa shape index (κ1) is 13.0.